The van der Waals surface area contributed by atoms with Crippen LogP contribution in [0.2, 0.25) is 5.15 Å². The molecular weight excluding hydrogens is 483 g/mol. The minimum absolute atomic E-state index is 0.0692. The molecule has 0 saturated carbocycles. The Bertz CT molecular complexity index is 1630. The molecular formula is C25H16ClF3N3O3+. The number of fused-ring (bicyclic) bond motifs is 3. The number of hydrogen-bond acceptors (Lipinski definition) is 4. The summed E-state index contributed by atoms with van der Waals surface area (Å²) in [6.07, 6.45) is -1.80. The maximum absolute atomic E-state index is 13.5. The average Bonchev–Trinajstić information content (AvgIpc) is 2.82. The van der Waals surface area contributed by atoms with Crippen molar-refractivity contribution in [2.45, 2.75) is 12.9 Å². The van der Waals surface area contributed by atoms with E-state index in [2.05, 4.69) is 9.72 Å². The van der Waals surface area contributed by atoms with E-state index in [0.29, 0.717) is 21.7 Å². The number of halogens is 4. The van der Waals surface area contributed by atoms with Crippen LogP contribution in [0.25, 0.3) is 27.5 Å². The molecule has 5 aromatic rings. The average molecular weight is 499 g/mol. The first-order valence-corrected chi connectivity index (χ1v) is 10.7. The van der Waals surface area contributed by atoms with Crippen molar-refractivity contribution in [2.75, 3.05) is 0 Å². The second-order valence-electron chi connectivity index (χ2n) is 7.75. The minimum Gasteiger partial charge on any atom is -0.477 e. The van der Waals surface area contributed by atoms with Gasteiger partial charge in [-0.3, -0.25) is 0 Å². The molecule has 35 heavy (non-hydrogen) atoms. The summed E-state index contributed by atoms with van der Waals surface area (Å²) in [6, 6.07) is 17.4. The number of ether oxygens (including phenoxy) is 1. The van der Waals surface area contributed by atoms with Crippen LogP contribution in [-0.2, 0) is 6.54 Å². The number of aromatic hydroxyl groups is 1. The molecule has 0 radical (unpaired) electrons. The third-order valence-electron chi connectivity index (χ3n) is 5.49. The van der Waals surface area contributed by atoms with Crippen molar-refractivity contribution in [3.63, 3.8) is 0 Å². The highest BCUT2D eigenvalue weighted by Gasteiger charge is 2.32. The first-order valence-electron chi connectivity index (χ1n) is 10.4. The van der Waals surface area contributed by atoms with Crippen LogP contribution in [0.4, 0.5) is 13.2 Å². The van der Waals surface area contributed by atoms with Crippen LogP contribution >= 0.6 is 11.6 Å². The number of hydrogen-bond donors (Lipinski definition) is 1. The van der Waals surface area contributed by atoms with Gasteiger partial charge in [0.1, 0.15) is 23.6 Å². The van der Waals surface area contributed by atoms with Gasteiger partial charge in [-0.1, -0.05) is 48.0 Å². The fourth-order valence-electron chi connectivity index (χ4n) is 4.03. The zero-order valence-electron chi connectivity index (χ0n) is 17.8. The second kappa shape index (κ2) is 8.59. The maximum atomic E-state index is 13.5. The smallest absolute Gasteiger partial charge is 0.477 e. The molecule has 2 aromatic carbocycles. The first kappa shape index (κ1) is 22.7. The van der Waals surface area contributed by atoms with E-state index < -0.39 is 23.6 Å². The number of alkyl halides is 3. The van der Waals surface area contributed by atoms with Gasteiger partial charge in [-0.2, -0.15) is 8.97 Å². The predicted octanol–water partition coefficient (Wildman–Crippen LogP) is 5.11. The Labute approximate surface area is 201 Å². The highest BCUT2D eigenvalue weighted by molar-refractivity contribution is 6.29. The molecule has 176 valence electrons. The fraction of sp³-hybridized carbons (Fsp3) is 0.0800. The van der Waals surface area contributed by atoms with Gasteiger partial charge in [0.05, 0.1) is 5.39 Å². The summed E-state index contributed by atoms with van der Waals surface area (Å²) in [5.74, 6) is -0.920. The Morgan fingerprint density at radius 2 is 1.86 bits per heavy atom. The lowest BCUT2D eigenvalue weighted by molar-refractivity contribution is -0.670. The standard InChI is InChI=1S/C25H15ClF3N3O3/c26-20-9-8-15(13-30-20)14-32-22-19-7-2-1-4-16(19)10-11-31(22)23(33)21(24(32)34)17-5-3-6-18(12-17)35-25(27,28)29/h1-13H,14H2/p+1. The lowest BCUT2D eigenvalue weighted by atomic mass is 10.1. The van der Waals surface area contributed by atoms with E-state index in [0.717, 1.165) is 17.5 Å². The third-order valence-corrected chi connectivity index (χ3v) is 5.71. The molecule has 0 aliphatic rings. The Morgan fingerprint density at radius 3 is 2.60 bits per heavy atom. The summed E-state index contributed by atoms with van der Waals surface area (Å²) in [5.41, 5.74) is 0.389. The van der Waals surface area contributed by atoms with Gasteiger partial charge in [-0.25, -0.2) is 9.78 Å². The predicted molar refractivity (Wildman–Crippen MR) is 124 cm³/mol. The summed E-state index contributed by atoms with van der Waals surface area (Å²) >= 11 is 5.90. The lowest BCUT2D eigenvalue weighted by Gasteiger charge is -2.13. The van der Waals surface area contributed by atoms with Crippen molar-refractivity contribution < 1.29 is 27.6 Å². The molecule has 0 unspecified atom stereocenters. The molecule has 0 bridgehead atoms. The van der Waals surface area contributed by atoms with Gasteiger partial charge in [-0.05, 0) is 35.7 Å². The molecule has 5 rings (SSSR count). The summed E-state index contributed by atoms with van der Waals surface area (Å²) < 4.78 is 45.2. The summed E-state index contributed by atoms with van der Waals surface area (Å²) in [5, 5.41) is 13.2. The SMILES string of the molecule is O=c1c(-c2cccc(OC(F)(F)F)c2)c(O)[n+](Cc2ccc(Cl)nc2)c2c3ccccc3ccn12. The summed E-state index contributed by atoms with van der Waals surface area (Å²) in [4.78, 5) is 17.6. The van der Waals surface area contributed by atoms with Crippen LogP contribution < -0.4 is 14.9 Å². The molecule has 1 N–H and O–H groups in total. The number of benzene rings is 2. The largest absolute Gasteiger partial charge is 0.573 e. The molecule has 0 fully saturated rings. The molecule has 3 aromatic heterocycles. The second-order valence-corrected chi connectivity index (χ2v) is 8.14. The monoisotopic (exact) mass is 498 g/mol. The van der Waals surface area contributed by atoms with Gasteiger partial charge in [0.2, 0.25) is 0 Å². The zero-order valence-corrected chi connectivity index (χ0v) is 18.6. The van der Waals surface area contributed by atoms with Crippen molar-refractivity contribution in [3.8, 4) is 22.8 Å². The van der Waals surface area contributed by atoms with Crippen LogP contribution in [-0.4, -0.2) is 20.9 Å². The Morgan fingerprint density at radius 1 is 1.06 bits per heavy atom. The quantitative estimate of drug-likeness (QED) is 0.212. The summed E-state index contributed by atoms with van der Waals surface area (Å²) in [7, 11) is 0. The van der Waals surface area contributed by atoms with Gasteiger partial charge >= 0.3 is 11.9 Å². The first-order chi connectivity index (χ1) is 16.7. The Hall–Kier alpha value is -4.11. The molecule has 6 nitrogen and oxygen atoms in total. The van der Waals surface area contributed by atoms with Crippen LogP contribution in [0.15, 0.2) is 83.9 Å². The lowest BCUT2D eigenvalue weighted by Crippen LogP contribution is -2.41. The van der Waals surface area contributed by atoms with Crippen molar-refractivity contribution >= 4 is 28.0 Å². The van der Waals surface area contributed by atoms with Gasteiger partial charge in [0.15, 0.2) is 5.56 Å². The molecule has 0 saturated heterocycles. The van der Waals surface area contributed by atoms with Gasteiger partial charge in [-0.15, -0.1) is 13.2 Å². The molecule has 0 amide bonds. The highest BCUT2D eigenvalue weighted by Crippen LogP contribution is 2.30. The van der Waals surface area contributed by atoms with E-state index in [1.54, 1.807) is 30.6 Å². The van der Waals surface area contributed by atoms with E-state index in [1.165, 1.54) is 21.1 Å². The Kier molecular flexibility index (Phi) is 5.56. The van der Waals surface area contributed by atoms with Crippen molar-refractivity contribution in [1.82, 2.24) is 9.38 Å². The minimum atomic E-state index is -4.90. The number of pyridine rings is 2. The fourth-order valence-corrected chi connectivity index (χ4v) is 4.14. The molecule has 3 heterocycles. The zero-order chi connectivity index (χ0) is 24.7. The number of nitrogens with zero attached hydrogens (tertiary/aromatic N) is 3. The number of rotatable bonds is 4. The molecule has 0 aliphatic heterocycles. The molecule has 0 spiro atoms. The molecule has 0 atom stereocenters. The van der Waals surface area contributed by atoms with Crippen LogP contribution in [0.5, 0.6) is 11.6 Å². The third kappa shape index (κ3) is 4.38. The van der Waals surface area contributed by atoms with Crippen LogP contribution in [0, 0.1) is 0 Å². The summed E-state index contributed by atoms with van der Waals surface area (Å²) in [6.45, 7) is 0.111. The van der Waals surface area contributed by atoms with Crippen LogP contribution in [0.1, 0.15) is 5.56 Å². The number of aromatic nitrogens is 3. The maximum Gasteiger partial charge on any atom is 0.573 e. The Balaban J connectivity index is 1.81. The topological polar surface area (TPSA) is 67.7 Å². The van der Waals surface area contributed by atoms with E-state index >= 15 is 0 Å². The highest BCUT2D eigenvalue weighted by atomic mass is 35.5. The van der Waals surface area contributed by atoms with E-state index in [4.69, 9.17) is 11.6 Å². The van der Waals surface area contributed by atoms with Gasteiger partial charge in [0, 0.05) is 17.3 Å². The van der Waals surface area contributed by atoms with Crippen LogP contribution in [0.3, 0.4) is 0 Å². The van der Waals surface area contributed by atoms with E-state index in [9.17, 15) is 23.1 Å². The molecule has 10 heteroatoms. The van der Waals surface area contributed by atoms with E-state index in [1.807, 2.05) is 24.3 Å². The van der Waals surface area contributed by atoms with E-state index in [-0.39, 0.29) is 17.7 Å². The van der Waals surface area contributed by atoms with Gasteiger partial charge < -0.3 is 9.84 Å². The van der Waals surface area contributed by atoms with Crippen molar-refractivity contribution in [1.29, 1.82) is 0 Å². The molecule has 0 aliphatic carbocycles. The normalized spacial score (nSPS) is 11.8. The van der Waals surface area contributed by atoms with Crippen molar-refractivity contribution in [2.24, 2.45) is 0 Å². The van der Waals surface area contributed by atoms with Crippen molar-refractivity contribution in [3.05, 3.63) is 100 Å². The van der Waals surface area contributed by atoms with Gasteiger partial charge in [0.25, 0.3) is 11.5 Å².